The van der Waals surface area contributed by atoms with Crippen LogP contribution < -0.4 is 5.84 Å². The van der Waals surface area contributed by atoms with E-state index in [2.05, 4.69) is 19.9 Å². The molecule has 0 spiro atoms. The van der Waals surface area contributed by atoms with Crippen molar-refractivity contribution in [3.05, 3.63) is 12.3 Å². The van der Waals surface area contributed by atoms with E-state index < -0.39 is 0 Å². The molecule has 2 nitrogen and oxygen atoms in total. The first-order valence-electron chi connectivity index (χ1n) is 4.38. The number of allylic oxidation sites excluding steroid dienone is 1. The van der Waals surface area contributed by atoms with Crippen molar-refractivity contribution in [3.63, 3.8) is 0 Å². The fraction of sp³-hybridized carbons (Fsp3) is 0.778. The fourth-order valence-corrected chi connectivity index (χ4v) is 1.41. The molecule has 0 amide bonds. The van der Waals surface area contributed by atoms with E-state index in [0.717, 1.165) is 12.5 Å². The Morgan fingerprint density at radius 2 is 2.09 bits per heavy atom. The third-order valence-corrected chi connectivity index (χ3v) is 2.24. The number of rotatable bonds is 0. The van der Waals surface area contributed by atoms with E-state index in [1.807, 2.05) is 6.20 Å². The number of nitrogens with zero attached hydrogens (tertiary/aromatic N) is 1. The Morgan fingerprint density at radius 1 is 1.36 bits per heavy atom. The van der Waals surface area contributed by atoms with Gasteiger partial charge in [0.2, 0.25) is 0 Å². The molecule has 2 N–H and O–H groups in total. The van der Waals surface area contributed by atoms with E-state index >= 15 is 0 Å². The first kappa shape index (κ1) is 8.60. The molecule has 2 heteroatoms. The maximum Gasteiger partial charge on any atom is 0.0360 e. The van der Waals surface area contributed by atoms with E-state index in [1.165, 1.54) is 12.8 Å². The maximum absolute atomic E-state index is 5.70. The zero-order valence-corrected chi connectivity index (χ0v) is 7.46. The van der Waals surface area contributed by atoms with Crippen LogP contribution in [0.15, 0.2) is 12.3 Å². The number of nitrogens with two attached hydrogens (primary N) is 1. The highest BCUT2D eigenvalue weighted by Crippen LogP contribution is 2.16. The average molecular weight is 154 g/mol. The van der Waals surface area contributed by atoms with Crippen molar-refractivity contribution < 1.29 is 0 Å². The Bertz CT molecular complexity index is 142. The van der Waals surface area contributed by atoms with Crippen LogP contribution in [-0.4, -0.2) is 11.6 Å². The van der Waals surface area contributed by atoms with Crippen molar-refractivity contribution in [1.82, 2.24) is 5.01 Å². The minimum Gasteiger partial charge on any atom is -0.318 e. The Labute approximate surface area is 69.0 Å². The average Bonchev–Trinajstić information content (AvgIpc) is 1.95. The number of hydrogen-bond acceptors (Lipinski definition) is 2. The minimum atomic E-state index is 0.684. The molecule has 64 valence electrons. The van der Waals surface area contributed by atoms with Crippen molar-refractivity contribution >= 4 is 0 Å². The summed E-state index contributed by atoms with van der Waals surface area (Å²) in [6, 6.07) is 0. The monoisotopic (exact) mass is 154 g/mol. The number of hydrazine groups is 1. The molecule has 1 aliphatic heterocycles. The van der Waals surface area contributed by atoms with Gasteiger partial charge in [0.25, 0.3) is 0 Å². The first-order valence-corrected chi connectivity index (χ1v) is 4.38. The summed E-state index contributed by atoms with van der Waals surface area (Å²) < 4.78 is 0. The zero-order chi connectivity index (χ0) is 8.27. The third kappa shape index (κ3) is 2.93. The largest absolute Gasteiger partial charge is 0.318 e. The SMILES string of the molecule is CC1/C=C\N(N)C[C@@H](C)CC1. The van der Waals surface area contributed by atoms with Crippen LogP contribution >= 0.6 is 0 Å². The highest BCUT2D eigenvalue weighted by atomic mass is 15.4. The summed E-state index contributed by atoms with van der Waals surface area (Å²) in [5, 5.41) is 1.79. The summed E-state index contributed by atoms with van der Waals surface area (Å²) >= 11 is 0. The van der Waals surface area contributed by atoms with Gasteiger partial charge in [0.1, 0.15) is 0 Å². The van der Waals surface area contributed by atoms with Crippen molar-refractivity contribution in [2.24, 2.45) is 17.7 Å². The highest BCUT2D eigenvalue weighted by Gasteiger charge is 2.09. The predicted molar refractivity (Wildman–Crippen MR) is 47.6 cm³/mol. The van der Waals surface area contributed by atoms with Gasteiger partial charge in [-0.25, -0.2) is 5.84 Å². The maximum atomic E-state index is 5.70. The summed E-state index contributed by atoms with van der Waals surface area (Å²) in [6.07, 6.45) is 6.77. The van der Waals surface area contributed by atoms with Gasteiger partial charge in [0, 0.05) is 12.7 Å². The van der Waals surface area contributed by atoms with Crippen molar-refractivity contribution in [3.8, 4) is 0 Å². The van der Waals surface area contributed by atoms with Crippen LogP contribution in [0.3, 0.4) is 0 Å². The minimum absolute atomic E-state index is 0.684. The van der Waals surface area contributed by atoms with E-state index in [0.29, 0.717) is 5.92 Å². The standard InChI is InChI=1S/C9H18N2/c1-8-3-4-9(2)7-11(10)6-5-8/h5-6,8-9H,3-4,7,10H2,1-2H3/b6-5-/t8?,9-/m0/s1. The molecule has 0 aliphatic carbocycles. The topological polar surface area (TPSA) is 29.3 Å². The van der Waals surface area contributed by atoms with Gasteiger partial charge < -0.3 is 5.01 Å². The predicted octanol–water partition coefficient (Wildman–Crippen LogP) is 1.74. The van der Waals surface area contributed by atoms with E-state index in [4.69, 9.17) is 5.84 Å². The van der Waals surface area contributed by atoms with Gasteiger partial charge in [-0.1, -0.05) is 19.9 Å². The molecule has 1 aliphatic rings. The van der Waals surface area contributed by atoms with E-state index in [9.17, 15) is 0 Å². The Hall–Kier alpha value is -0.500. The smallest absolute Gasteiger partial charge is 0.0360 e. The second-order valence-electron chi connectivity index (χ2n) is 3.70. The van der Waals surface area contributed by atoms with Crippen LogP contribution in [0.2, 0.25) is 0 Å². The second kappa shape index (κ2) is 3.77. The lowest BCUT2D eigenvalue weighted by molar-refractivity contribution is 0.296. The molecular formula is C9H18N2. The molecule has 1 unspecified atom stereocenters. The molecule has 0 saturated heterocycles. The summed E-state index contributed by atoms with van der Waals surface area (Å²) in [5.41, 5.74) is 0. The van der Waals surface area contributed by atoms with Gasteiger partial charge >= 0.3 is 0 Å². The Kier molecular flexibility index (Phi) is 2.94. The fourth-order valence-electron chi connectivity index (χ4n) is 1.41. The summed E-state index contributed by atoms with van der Waals surface area (Å²) in [7, 11) is 0. The van der Waals surface area contributed by atoms with Crippen LogP contribution in [0.25, 0.3) is 0 Å². The molecule has 1 rings (SSSR count). The summed E-state index contributed by atoms with van der Waals surface area (Å²) in [4.78, 5) is 0. The summed E-state index contributed by atoms with van der Waals surface area (Å²) in [6.45, 7) is 5.48. The molecule has 0 aromatic heterocycles. The van der Waals surface area contributed by atoms with Crippen LogP contribution in [0.5, 0.6) is 0 Å². The van der Waals surface area contributed by atoms with Gasteiger partial charge in [0.05, 0.1) is 0 Å². The van der Waals surface area contributed by atoms with Gasteiger partial charge in [-0.3, -0.25) is 0 Å². The van der Waals surface area contributed by atoms with Crippen LogP contribution in [0, 0.1) is 11.8 Å². The quantitative estimate of drug-likeness (QED) is 0.538. The van der Waals surface area contributed by atoms with Gasteiger partial charge in [-0.05, 0) is 24.7 Å². The molecule has 2 atom stereocenters. The lowest BCUT2D eigenvalue weighted by Crippen LogP contribution is -2.31. The van der Waals surface area contributed by atoms with Crippen LogP contribution in [-0.2, 0) is 0 Å². The zero-order valence-electron chi connectivity index (χ0n) is 7.46. The van der Waals surface area contributed by atoms with Crippen LogP contribution in [0.1, 0.15) is 26.7 Å². The normalized spacial score (nSPS) is 36.1. The molecule has 0 aromatic rings. The highest BCUT2D eigenvalue weighted by molar-refractivity contribution is 4.87. The second-order valence-corrected chi connectivity index (χ2v) is 3.70. The molecule has 11 heavy (non-hydrogen) atoms. The molecule has 0 fully saturated rings. The lowest BCUT2D eigenvalue weighted by atomic mass is 9.96. The lowest BCUT2D eigenvalue weighted by Gasteiger charge is -2.23. The molecule has 0 saturated carbocycles. The van der Waals surface area contributed by atoms with Gasteiger partial charge in [-0.15, -0.1) is 0 Å². The van der Waals surface area contributed by atoms with Gasteiger partial charge in [0.15, 0.2) is 0 Å². The molecule has 0 bridgehead atoms. The van der Waals surface area contributed by atoms with E-state index in [-0.39, 0.29) is 0 Å². The molecule has 1 heterocycles. The van der Waals surface area contributed by atoms with Crippen molar-refractivity contribution in [2.45, 2.75) is 26.7 Å². The third-order valence-electron chi connectivity index (χ3n) is 2.24. The van der Waals surface area contributed by atoms with Crippen LogP contribution in [0.4, 0.5) is 0 Å². The van der Waals surface area contributed by atoms with Crippen molar-refractivity contribution in [2.75, 3.05) is 6.54 Å². The van der Waals surface area contributed by atoms with Gasteiger partial charge in [-0.2, -0.15) is 0 Å². The molecular weight excluding hydrogens is 136 g/mol. The summed E-state index contributed by atoms with van der Waals surface area (Å²) in [5.74, 6) is 7.12. The first-order chi connectivity index (χ1) is 5.18. The Balaban J connectivity index is 2.50. The Morgan fingerprint density at radius 3 is 2.82 bits per heavy atom. The van der Waals surface area contributed by atoms with Crippen molar-refractivity contribution in [1.29, 1.82) is 0 Å². The molecule has 0 aromatic carbocycles. The number of hydrogen-bond donors (Lipinski definition) is 1. The van der Waals surface area contributed by atoms with E-state index in [1.54, 1.807) is 5.01 Å². The molecule has 0 radical (unpaired) electrons.